The summed E-state index contributed by atoms with van der Waals surface area (Å²) in [7, 11) is 0. The van der Waals surface area contributed by atoms with Crippen LogP contribution in [0.1, 0.15) is 44.9 Å². The van der Waals surface area contributed by atoms with Gasteiger partial charge in [0.2, 0.25) is 5.91 Å². The third-order valence-electron chi connectivity index (χ3n) is 4.54. The van der Waals surface area contributed by atoms with Crippen LogP contribution < -0.4 is 11.1 Å². The average molecular weight is 297 g/mol. The molecule has 1 saturated carbocycles. The summed E-state index contributed by atoms with van der Waals surface area (Å²) < 4.78 is 0. The van der Waals surface area contributed by atoms with E-state index in [0.717, 1.165) is 19.3 Å². The van der Waals surface area contributed by atoms with Crippen LogP contribution in [-0.4, -0.2) is 46.5 Å². The number of carboxylic acids is 1. The zero-order valence-corrected chi connectivity index (χ0v) is 12.1. The Kier molecular flexibility index (Phi) is 4.69. The summed E-state index contributed by atoms with van der Waals surface area (Å²) in [5.74, 6) is -1.33. The lowest BCUT2D eigenvalue weighted by Gasteiger charge is -2.35. The highest BCUT2D eigenvalue weighted by Crippen LogP contribution is 2.33. The maximum Gasteiger partial charge on any atom is 0.314 e. The molecule has 4 N–H and O–H groups in total. The van der Waals surface area contributed by atoms with Crippen molar-refractivity contribution >= 4 is 17.9 Å². The molecule has 2 rings (SSSR count). The number of piperidine rings is 1. The molecule has 7 heteroatoms. The number of likely N-dealkylation sites (tertiary alicyclic amines) is 1. The number of aliphatic carboxylic acids is 1. The molecule has 1 saturated heterocycles. The van der Waals surface area contributed by atoms with Gasteiger partial charge in [-0.2, -0.15) is 0 Å². The average Bonchev–Trinajstić information content (AvgIpc) is 2.86. The number of nitrogens with two attached hydrogens (primary N) is 1. The first-order chi connectivity index (χ1) is 9.92. The largest absolute Gasteiger partial charge is 0.481 e. The molecule has 1 heterocycles. The molecule has 0 radical (unpaired) electrons. The summed E-state index contributed by atoms with van der Waals surface area (Å²) in [5.41, 5.74) is 4.65. The molecule has 0 spiro atoms. The second-order valence-electron chi connectivity index (χ2n) is 6.17. The molecule has 2 fully saturated rings. The van der Waals surface area contributed by atoms with Crippen LogP contribution in [0, 0.1) is 5.92 Å². The zero-order chi connectivity index (χ0) is 15.5. The number of carboxylic acid groups (broad SMARTS) is 1. The Balaban J connectivity index is 1.98. The van der Waals surface area contributed by atoms with E-state index in [2.05, 4.69) is 5.32 Å². The third kappa shape index (κ3) is 3.86. The number of carbonyl (C=O) groups excluding carboxylic acids is 2. The van der Waals surface area contributed by atoms with E-state index >= 15 is 0 Å². The van der Waals surface area contributed by atoms with Crippen molar-refractivity contribution in [1.29, 1.82) is 0 Å². The predicted molar refractivity (Wildman–Crippen MR) is 75.5 cm³/mol. The SMILES string of the molecule is NC(=O)N1CCCC(C(=O)NC2(CC(=O)O)CCCC2)C1. The van der Waals surface area contributed by atoms with Crippen LogP contribution in [0.25, 0.3) is 0 Å². The highest BCUT2D eigenvalue weighted by Gasteiger charge is 2.39. The molecule has 1 atom stereocenters. The van der Waals surface area contributed by atoms with Crippen LogP contribution in [0.2, 0.25) is 0 Å². The van der Waals surface area contributed by atoms with Gasteiger partial charge in [-0.1, -0.05) is 12.8 Å². The summed E-state index contributed by atoms with van der Waals surface area (Å²) in [6.45, 7) is 0.906. The number of nitrogens with zero attached hydrogens (tertiary/aromatic N) is 1. The monoisotopic (exact) mass is 297 g/mol. The summed E-state index contributed by atoms with van der Waals surface area (Å²) in [5, 5.41) is 12.0. The molecule has 2 aliphatic rings. The number of urea groups is 1. The van der Waals surface area contributed by atoms with Crippen molar-refractivity contribution in [2.75, 3.05) is 13.1 Å². The van der Waals surface area contributed by atoms with Crippen LogP contribution >= 0.6 is 0 Å². The molecule has 0 bridgehead atoms. The number of rotatable bonds is 4. The molecule has 118 valence electrons. The van der Waals surface area contributed by atoms with Gasteiger partial charge in [-0.05, 0) is 25.7 Å². The Bertz CT molecular complexity index is 432. The van der Waals surface area contributed by atoms with Crippen LogP contribution in [0.3, 0.4) is 0 Å². The van der Waals surface area contributed by atoms with Gasteiger partial charge in [-0.15, -0.1) is 0 Å². The minimum atomic E-state index is -0.889. The first kappa shape index (κ1) is 15.6. The normalized spacial score (nSPS) is 24.6. The van der Waals surface area contributed by atoms with Crippen LogP contribution in [0.15, 0.2) is 0 Å². The van der Waals surface area contributed by atoms with Gasteiger partial charge >= 0.3 is 12.0 Å². The van der Waals surface area contributed by atoms with E-state index in [1.54, 1.807) is 0 Å². The van der Waals surface area contributed by atoms with Crippen molar-refractivity contribution in [2.24, 2.45) is 11.7 Å². The fourth-order valence-corrected chi connectivity index (χ4v) is 3.44. The van der Waals surface area contributed by atoms with E-state index in [0.29, 0.717) is 32.4 Å². The van der Waals surface area contributed by atoms with E-state index in [4.69, 9.17) is 10.8 Å². The fraction of sp³-hybridized carbons (Fsp3) is 0.786. The lowest BCUT2D eigenvalue weighted by atomic mass is 9.90. The Labute approximate surface area is 123 Å². The van der Waals surface area contributed by atoms with Gasteiger partial charge in [0, 0.05) is 13.1 Å². The van der Waals surface area contributed by atoms with Crippen LogP contribution in [-0.2, 0) is 9.59 Å². The van der Waals surface area contributed by atoms with Crippen molar-refractivity contribution < 1.29 is 19.5 Å². The quantitative estimate of drug-likeness (QED) is 0.708. The van der Waals surface area contributed by atoms with Gasteiger partial charge in [0.15, 0.2) is 0 Å². The topological polar surface area (TPSA) is 113 Å². The van der Waals surface area contributed by atoms with Gasteiger partial charge in [0.05, 0.1) is 17.9 Å². The molecule has 0 aromatic rings. The first-order valence-electron chi connectivity index (χ1n) is 7.50. The Morgan fingerprint density at radius 2 is 1.90 bits per heavy atom. The van der Waals surface area contributed by atoms with Gasteiger partial charge in [0.1, 0.15) is 0 Å². The van der Waals surface area contributed by atoms with Gasteiger partial charge < -0.3 is 21.1 Å². The molecule has 0 aromatic carbocycles. The molecule has 1 aliphatic carbocycles. The van der Waals surface area contributed by atoms with Gasteiger partial charge in [0.25, 0.3) is 0 Å². The molecule has 0 aromatic heterocycles. The van der Waals surface area contributed by atoms with Gasteiger partial charge in [-0.3, -0.25) is 9.59 Å². The Morgan fingerprint density at radius 1 is 1.24 bits per heavy atom. The summed E-state index contributed by atoms with van der Waals surface area (Å²) in [6.07, 6.45) is 4.70. The Hall–Kier alpha value is -1.79. The second-order valence-corrected chi connectivity index (χ2v) is 6.17. The highest BCUT2D eigenvalue weighted by molar-refractivity contribution is 5.82. The molecular weight excluding hydrogens is 274 g/mol. The molecule has 7 nitrogen and oxygen atoms in total. The van der Waals surface area contributed by atoms with Crippen molar-refractivity contribution in [3.05, 3.63) is 0 Å². The maximum atomic E-state index is 12.4. The van der Waals surface area contributed by atoms with E-state index in [-0.39, 0.29) is 18.2 Å². The molecular formula is C14H23N3O4. The van der Waals surface area contributed by atoms with Crippen molar-refractivity contribution in [2.45, 2.75) is 50.5 Å². The van der Waals surface area contributed by atoms with E-state index in [9.17, 15) is 14.4 Å². The third-order valence-corrected chi connectivity index (χ3v) is 4.54. The number of hydrogen-bond donors (Lipinski definition) is 3. The van der Waals surface area contributed by atoms with E-state index < -0.39 is 17.5 Å². The van der Waals surface area contributed by atoms with Crippen LogP contribution in [0.5, 0.6) is 0 Å². The van der Waals surface area contributed by atoms with Gasteiger partial charge in [-0.25, -0.2) is 4.79 Å². The molecule has 1 unspecified atom stereocenters. The fourth-order valence-electron chi connectivity index (χ4n) is 3.44. The molecule has 1 aliphatic heterocycles. The molecule has 3 amide bonds. The molecule has 21 heavy (non-hydrogen) atoms. The minimum Gasteiger partial charge on any atom is -0.481 e. The Morgan fingerprint density at radius 3 is 2.48 bits per heavy atom. The van der Waals surface area contributed by atoms with E-state index in [1.807, 2.05) is 0 Å². The highest BCUT2D eigenvalue weighted by atomic mass is 16.4. The zero-order valence-electron chi connectivity index (χ0n) is 12.1. The second kappa shape index (κ2) is 6.32. The smallest absolute Gasteiger partial charge is 0.314 e. The van der Waals surface area contributed by atoms with Crippen molar-refractivity contribution in [3.8, 4) is 0 Å². The number of primary amides is 1. The summed E-state index contributed by atoms with van der Waals surface area (Å²) >= 11 is 0. The minimum absolute atomic E-state index is 0.0367. The lowest BCUT2D eigenvalue weighted by molar-refractivity contribution is -0.139. The standard InChI is InChI=1S/C14H23N3O4/c15-13(21)17-7-3-4-10(9-17)12(20)16-14(8-11(18)19)5-1-2-6-14/h10H,1-9H2,(H2,15,21)(H,16,20)(H,18,19). The number of amides is 3. The summed E-state index contributed by atoms with van der Waals surface area (Å²) in [4.78, 5) is 36.2. The maximum absolute atomic E-state index is 12.4. The van der Waals surface area contributed by atoms with E-state index in [1.165, 1.54) is 4.90 Å². The number of nitrogens with one attached hydrogen (secondary N) is 1. The van der Waals surface area contributed by atoms with Crippen molar-refractivity contribution in [1.82, 2.24) is 10.2 Å². The predicted octanol–water partition coefficient (Wildman–Crippen LogP) is 0.681. The number of hydrogen-bond acceptors (Lipinski definition) is 3. The number of carbonyl (C=O) groups is 3. The van der Waals surface area contributed by atoms with Crippen molar-refractivity contribution in [3.63, 3.8) is 0 Å². The lowest BCUT2D eigenvalue weighted by Crippen LogP contribution is -2.53. The van der Waals surface area contributed by atoms with Crippen LogP contribution in [0.4, 0.5) is 4.79 Å². The summed E-state index contributed by atoms with van der Waals surface area (Å²) in [6, 6.07) is -0.506. The first-order valence-corrected chi connectivity index (χ1v) is 7.50.